The molecule has 1 heterocycles. The van der Waals surface area contributed by atoms with Crippen LogP contribution in [0.1, 0.15) is 41.0 Å². The lowest BCUT2D eigenvalue weighted by molar-refractivity contribution is -0.275. The summed E-state index contributed by atoms with van der Waals surface area (Å²) in [5, 5.41) is 0. The number of aromatic nitrogens is 2. The summed E-state index contributed by atoms with van der Waals surface area (Å²) in [6, 6.07) is 6.20. The van der Waals surface area contributed by atoms with Crippen molar-refractivity contribution in [2.45, 2.75) is 37.5 Å². The molecular formula is C18H18F3N3O2. The third-order valence-electron chi connectivity index (χ3n) is 4.70. The lowest BCUT2D eigenvalue weighted by atomic mass is 9.62. The van der Waals surface area contributed by atoms with Crippen LogP contribution in [0.5, 0.6) is 5.75 Å². The Morgan fingerprint density at radius 2 is 1.85 bits per heavy atom. The van der Waals surface area contributed by atoms with Crippen molar-refractivity contribution in [2.24, 2.45) is 5.73 Å². The van der Waals surface area contributed by atoms with Crippen molar-refractivity contribution < 1.29 is 22.7 Å². The fourth-order valence-corrected chi connectivity index (χ4v) is 3.27. The van der Waals surface area contributed by atoms with Crippen molar-refractivity contribution in [1.82, 2.24) is 9.97 Å². The zero-order chi connectivity index (χ0) is 18.8. The van der Waals surface area contributed by atoms with E-state index in [1.807, 2.05) is 0 Å². The van der Waals surface area contributed by atoms with E-state index < -0.39 is 11.8 Å². The molecule has 5 nitrogen and oxygen atoms in total. The molecule has 1 aromatic carbocycles. The van der Waals surface area contributed by atoms with Crippen LogP contribution < -0.4 is 10.5 Å². The van der Waals surface area contributed by atoms with Crippen LogP contribution in [-0.4, -0.2) is 28.7 Å². The highest BCUT2D eigenvalue weighted by atomic mass is 19.4. The van der Waals surface area contributed by atoms with E-state index in [1.54, 1.807) is 12.1 Å². The third kappa shape index (κ3) is 3.85. The molecule has 138 valence electrons. The Bertz CT molecular complexity index is 787. The summed E-state index contributed by atoms with van der Waals surface area (Å²) in [7, 11) is 0. The minimum Gasteiger partial charge on any atom is -0.405 e. The highest BCUT2D eigenvalue weighted by Crippen LogP contribution is 2.49. The van der Waals surface area contributed by atoms with Gasteiger partial charge in [0.05, 0.1) is 12.1 Å². The number of carbonyl (C=O) groups is 1. The first-order chi connectivity index (χ1) is 12.3. The highest BCUT2D eigenvalue weighted by Gasteiger charge is 2.43. The first-order valence-electron chi connectivity index (χ1n) is 8.22. The van der Waals surface area contributed by atoms with Gasteiger partial charge in [-0.1, -0.05) is 24.6 Å². The number of hydrogen-bond acceptors (Lipinski definition) is 5. The molecule has 0 spiro atoms. The van der Waals surface area contributed by atoms with Gasteiger partial charge in [-0.25, -0.2) is 9.97 Å². The average molecular weight is 365 g/mol. The van der Waals surface area contributed by atoms with E-state index in [0.29, 0.717) is 23.4 Å². The van der Waals surface area contributed by atoms with E-state index in [1.165, 1.54) is 24.5 Å². The van der Waals surface area contributed by atoms with Crippen molar-refractivity contribution in [3.63, 3.8) is 0 Å². The van der Waals surface area contributed by atoms with Crippen molar-refractivity contribution >= 4 is 5.78 Å². The number of halogens is 3. The second-order valence-electron chi connectivity index (χ2n) is 6.37. The maximum atomic E-state index is 12.7. The van der Waals surface area contributed by atoms with E-state index in [9.17, 15) is 18.0 Å². The standard InChI is InChI=1S/C18H18F3N3O2/c19-18(20,21)26-15-5-2-1-4-13(15)17(6-3-7-17)8-16-23-10-12(11-24-16)14(25)9-22/h1-2,4-5,10-11H,3,6-9,22H2. The molecule has 0 atom stereocenters. The van der Waals surface area contributed by atoms with Crippen LogP contribution in [0, 0.1) is 0 Å². The molecule has 0 aliphatic heterocycles. The number of hydrogen-bond donors (Lipinski definition) is 1. The summed E-state index contributed by atoms with van der Waals surface area (Å²) in [6.45, 7) is -0.130. The summed E-state index contributed by atoms with van der Waals surface area (Å²) >= 11 is 0. The van der Waals surface area contributed by atoms with Crippen LogP contribution in [0.4, 0.5) is 13.2 Å². The molecule has 1 fully saturated rings. The number of para-hydroxylation sites is 1. The molecule has 1 saturated carbocycles. The van der Waals surface area contributed by atoms with Crippen LogP contribution >= 0.6 is 0 Å². The van der Waals surface area contributed by atoms with Gasteiger partial charge in [0, 0.05) is 29.8 Å². The largest absolute Gasteiger partial charge is 0.573 e. The molecule has 2 N–H and O–H groups in total. The number of Topliss-reactive ketones (excluding diaryl/α,β-unsaturated/α-hetero) is 1. The van der Waals surface area contributed by atoms with Crippen molar-refractivity contribution in [2.75, 3.05) is 6.54 Å². The average Bonchev–Trinajstić information content (AvgIpc) is 2.57. The molecule has 3 rings (SSSR count). The number of alkyl halides is 3. The Morgan fingerprint density at radius 3 is 2.38 bits per heavy atom. The van der Waals surface area contributed by atoms with Crippen molar-refractivity contribution in [3.05, 3.63) is 53.6 Å². The van der Waals surface area contributed by atoms with Gasteiger partial charge in [-0.15, -0.1) is 13.2 Å². The fraction of sp³-hybridized carbons (Fsp3) is 0.389. The Morgan fingerprint density at radius 1 is 1.19 bits per heavy atom. The predicted molar refractivity (Wildman–Crippen MR) is 87.8 cm³/mol. The second-order valence-corrected chi connectivity index (χ2v) is 6.37. The minimum atomic E-state index is -4.75. The fourth-order valence-electron chi connectivity index (χ4n) is 3.27. The van der Waals surface area contributed by atoms with E-state index in [0.717, 1.165) is 19.3 Å². The summed E-state index contributed by atoms with van der Waals surface area (Å²) in [4.78, 5) is 19.9. The topological polar surface area (TPSA) is 78.1 Å². The summed E-state index contributed by atoms with van der Waals surface area (Å²) in [5.74, 6) is 0.0218. The Hall–Kier alpha value is -2.48. The second kappa shape index (κ2) is 7.03. The van der Waals surface area contributed by atoms with Crippen LogP contribution in [0.15, 0.2) is 36.7 Å². The van der Waals surface area contributed by atoms with E-state index >= 15 is 0 Å². The van der Waals surface area contributed by atoms with Gasteiger partial charge < -0.3 is 10.5 Å². The molecule has 0 bridgehead atoms. The smallest absolute Gasteiger partial charge is 0.405 e. The number of nitrogens with two attached hydrogens (primary N) is 1. The molecule has 0 unspecified atom stereocenters. The number of ketones is 1. The van der Waals surface area contributed by atoms with E-state index in [4.69, 9.17) is 5.73 Å². The number of carbonyl (C=O) groups excluding carboxylic acids is 1. The van der Waals surface area contributed by atoms with Gasteiger partial charge in [-0.3, -0.25) is 4.79 Å². The summed E-state index contributed by atoms with van der Waals surface area (Å²) < 4.78 is 42.4. The van der Waals surface area contributed by atoms with Gasteiger partial charge in [0.1, 0.15) is 11.6 Å². The maximum Gasteiger partial charge on any atom is 0.573 e. The van der Waals surface area contributed by atoms with Crippen LogP contribution in [-0.2, 0) is 11.8 Å². The van der Waals surface area contributed by atoms with Crippen LogP contribution in [0.3, 0.4) is 0 Å². The van der Waals surface area contributed by atoms with Gasteiger partial charge in [-0.05, 0) is 18.9 Å². The Balaban J connectivity index is 1.87. The molecule has 8 heteroatoms. The monoisotopic (exact) mass is 365 g/mol. The molecule has 1 aliphatic rings. The Kier molecular flexibility index (Phi) is 4.95. The first-order valence-corrected chi connectivity index (χ1v) is 8.22. The van der Waals surface area contributed by atoms with Crippen molar-refractivity contribution in [3.8, 4) is 5.75 Å². The molecule has 26 heavy (non-hydrogen) atoms. The number of ether oxygens (including phenoxy) is 1. The quantitative estimate of drug-likeness (QED) is 0.796. The number of rotatable bonds is 6. The zero-order valence-electron chi connectivity index (χ0n) is 13.9. The van der Waals surface area contributed by atoms with Crippen molar-refractivity contribution in [1.29, 1.82) is 0 Å². The molecule has 0 amide bonds. The SMILES string of the molecule is NCC(=O)c1cnc(CC2(c3ccccc3OC(F)(F)F)CCC2)nc1. The maximum absolute atomic E-state index is 12.7. The Labute approximate surface area is 148 Å². The van der Waals surface area contributed by atoms with Crippen LogP contribution in [0.25, 0.3) is 0 Å². The van der Waals surface area contributed by atoms with Gasteiger partial charge in [0.15, 0.2) is 5.78 Å². The normalized spacial score (nSPS) is 16.0. The van der Waals surface area contributed by atoms with Gasteiger partial charge >= 0.3 is 6.36 Å². The first kappa shape index (κ1) is 18.3. The highest BCUT2D eigenvalue weighted by molar-refractivity contribution is 5.96. The summed E-state index contributed by atoms with van der Waals surface area (Å²) in [6.07, 6.45) is 0.786. The third-order valence-corrected chi connectivity index (χ3v) is 4.70. The van der Waals surface area contributed by atoms with Gasteiger partial charge in [0.2, 0.25) is 0 Å². The van der Waals surface area contributed by atoms with E-state index in [2.05, 4.69) is 14.7 Å². The van der Waals surface area contributed by atoms with E-state index in [-0.39, 0.29) is 18.1 Å². The zero-order valence-corrected chi connectivity index (χ0v) is 13.9. The summed E-state index contributed by atoms with van der Waals surface area (Å²) in [5.41, 5.74) is 5.64. The predicted octanol–water partition coefficient (Wildman–Crippen LogP) is 3.18. The molecule has 0 saturated heterocycles. The van der Waals surface area contributed by atoms with Crippen LogP contribution in [0.2, 0.25) is 0 Å². The molecule has 1 aromatic heterocycles. The number of benzene rings is 1. The van der Waals surface area contributed by atoms with Gasteiger partial charge in [-0.2, -0.15) is 0 Å². The molecular weight excluding hydrogens is 347 g/mol. The lowest BCUT2D eigenvalue weighted by Crippen LogP contribution is -2.38. The molecule has 2 aromatic rings. The molecule has 1 aliphatic carbocycles. The molecule has 0 radical (unpaired) electrons. The van der Waals surface area contributed by atoms with Gasteiger partial charge in [0.25, 0.3) is 0 Å². The lowest BCUT2D eigenvalue weighted by Gasteiger charge is -2.42. The number of nitrogens with zero attached hydrogens (tertiary/aromatic N) is 2. The minimum absolute atomic E-state index is 0.130.